The average Bonchev–Trinajstić information content (AvgIpc) is 2.81. The number of anilines is 1. The van der Waals surface area contributed by atoms with Crippen LogP contribution in [-0.4, -0.2) is 41.0 Å². The highest BCUT2D eigenvalue weighted by Crippen LogP contribution is 2.08. The summed E-state index contributed by atoms with van der Waals surface area (Å²) in [5.74, 6) is 1.89. The predicted molar refractivity (Wildman–Crippen MR) is 70.3 cm³/mol. The van der Waals surface area contributed by atoms with Gasteiger partial charge in [-0.25, -0.2) is 9.97 Å². The van der Waals surface area contributed by atoms with Crippen LogP contribution in [-0.2, 0) is 6.42 Å². The van der Waals surface area contributed by atoms with Crippen LogP contribution in [0.2, 0.25) is 0 Å². The first kappa shape index (κ1) is 12.3. The van der Waals surface area contributed by atoms with Gasteiger partial charge in [-0.1, -0.05) is 6.92 Å². The lowest BCUT2D eigenvalue weighted by molar-refractivity contribution is 0.352. The molecule has 0 atom stereocenters. The van der Waals surface area contributed by atoms with Crippen LogP contribution in [0.25, 0.3) is 0 Å². The lowest BCUT2D eigenvalue weighted by atomic mass is 10.3. The van der Waals surface area contributed by atoms with Gasteiger partial charge in [-0.15, -0.1) is 0 Å². The molecule has 94 valence electrons. The smallest absolute Gasteiger partial charge is 0.130 e. The lowest BCUT2D eigenvalue weighted by Crippen LogP contribution is -2.26. The number of aromatic nitrogens is 2. The number of hydrogen-bond donors (Lipinski definition) is 1. The molecule has 2 rings (SSSR count). The normalized spacial score (nSPS) is 16.4. The van der Waals surface area contributed by atoms with E-state index in [1.54, 1.807) is 0 Å². The monoisotopic (exact) mass is 234 g/mol. The van der Waals surface area contributed by atoms with Crippen molar-refractivity contribution < 1.29 is 0 Å². The Bertz CT molecular complexity index is 358. The molecule has 1 aromatic rings. The van der Waals surface area contributed by atoms with Gasteiger partial charge in [0.1, 0.15) is 11.6 Å². The Hall–Kier alpha value is -1.16. The minimum atomic E-state index is 0.891. The number of hydrogen-bond acceptors (Lipinski definition) is 4. The molecule has 1 aliphatic rings. The van der Waals surface area contributed by atoms with E-state index in [0.29, 0.717) is 0 Å². The second-order valence-electron chi connectivity index (χ2n) is 4.64. The Morgan fingerprint density at radius 2 is 2.06 bits per heavy atom. The Labute approximate surface area is 103 Å². The summed E-state index contributed by atoms with van der Waals surface area (Å²) in [7, 11) is 0. The summed E-state index contributed by atoms with van der Waals surface area (Å²) in [5, 5.41) is 3.39. The first-order chi connectivity index (χ1) is 8.28. The van der Waals surface area contributed by atoms with Crippen LogP contribution in [0, 0.1) is 6.92 Å². The molecule has 1 aliphatic heterocycles. The molecule has 1 saturated heterocycles. The van der Waals surface area contributed by atoms with Crippen molar-refractivity contribution in [2.75, 3.05) is 31.5 Å². The maximum Gasteiger partial charge on any atom is 0.130 e. The number of nitrogens with zero attached hydrogens (tertiary/aromatic N) is 3. The second kappa shape index (κ2) is 5.96. The zero-order chi connectivity index (χ0) is 12.1. The maximum absolute atomic E-state index is 4.48. The topological polar surface area (TPSA) is 41.1 Å². The first-order valence-corrected chi connectivity index (χ1v) is 6.58. The molecule has 0 aliphatic carbocycles. The summed E-state index contributed by atoms with van der Waals surface area (Å²) in [6, 6.07) is 2.02. The van der Waals surface area contributed by atoms with Gasteiger partial charge in [0.2, 0.25) is 0 Å². The predicted octanol–water partition coefficient (Wildman–Crippen LogP) is 1.86. The zero-order valence-corrected chi connectivity index (χ0v) is 10.9. The van der Waals surface area contributed by atoms with E-state index in [4.69, 9.17) is 0 Å². The average molecular weight is 234 g/mol. The van der Waals surface area contributed by atoms with Crippen molar-refractivity contribution in [3.8, 4) is 0 Å². The van der Waals surface area contributed by atoms with Crippen LogP contribution in [0.15, 0.2) is 6.07 Å². The highest BCUT2D eigenvalue weighted by molar-refractivity contribution is 5.35. The van der Waals surface area contributed by atoms with Crippen LogP contribution in [0.1, 0.15) is 31.3 Å². The molecule has 2 heterocycles. The third-order valence-electron chi connectivity index (χ3n) is 3.15. The van der Waals surface area contributed by atoms with E-state index in [-0.39, 0.29) is 0 Å². The number of aryl methyl sites for hydroxylation is 2. The maximum atomic E-state index is 4.48. The van der Waals surface area contributed by atoms with Crippen LogP contribution in [0.3, 0.4) is 0 Å². The third-order valence-corrected chi connectivity index (χ3v) is 3.15. The van der Waals surface area contributed by atoms with Crippen molar-refractivity contribution in [1.29, 1.82) is 0 Å². The Morgan fingerprint density at radius 1 is 1.29 bits per heavy atom. The van der Waals surface area contributed by atoms with E-state index in [9.17, 15) is 0 Å². The fourth-order valence-electron chi connectivity index (χ4n) is 2.23. The highest BCUT2D eigenvalue weighted by atomic mass is 15.2. The van der Waals surface area contributed by atoms with Gasteiger partial charge in [-0.3, -0.25) is 0 Å². The summed E-state index contributed by atoms with van der Waals surface area (Å²) in [5.41, 5.74) is 1.04. The van der Waals surface area contributed by atoms with Gasteiger partial charge in [-0.2, -0.15) is 0 Å². The number of likely N-dealkylation sites (tertiary alicyclic amines) is 1. The minimum absolute atomic E-state index is 0.891. The molecule has 0 bridgehead atoms. The van der Waals surface area contributed by atoms with Crippen LogP contribution >= 0.6 is 0 Å². The lowest BCUT2D eigenvalue weighted by Gasteiger charge is -2.15. The Morgan fingerprint density at radius 3 is 2.76 bits per heavy atom. The second-order valence-corrected chi connectivity index (χ2v) is 4.64. The quantitative estimate of drug-likeness (QED) is 0.844. The standard InChI is InChI=1S/C13H22N4/c1-3-12-15-11(2)10-13(16-12)14-6-9-17-7-4-5-8-17/h10H,3-9H2,1-2H3,(H,14,15,16). The van der Waals surface area contributed by atoms with Crippen molar-refractivity contribution in [3.63, 3.8) is 0 Å². The van der Waals surface area contributed by atoms with Crippen molar-refractivity contribution in [1.82, 2.24) is 14.9 Å². The number of nitrogens with one attached hydrogen (secondary N) is 1. The Kier molecular flexibility index (Phi) is 4.31. The van der Waals surface area contributed by atoms with E-state index in [2.05, 4.69) is 27.1 Å². The van der Waals surface area contributed by atoms with E-state index in [1.807, 2.05) is 13.0 Å². The molecule has 1 aromatic heterocycles. The fraction of sp³-hybridized carbons (Fsp3) is 0.692. The summed E-state index contributed by atoms with van der Waals surface area (Å²) in [6.45, 7) is 8.70. The van der Waals surface area contributed by atoms with E-state index in [1.165, 1.54) is 25.9 Å². The highest BCUT2D eigenvalue weighted by Gasteiger charge is 2.10. The molecule has 0 aromatic carbocycles. The zero-order valence-electron chi connectivity index (χ0n) is 10.9. The molecular weight excluding hydrogens is 212 g/mol. The summed E-state index contributed by atoms with van der Waals surface area (Å²) in [6.07, 6.45) is 3.60. The van der Waals surface area contributed by atoms with E-state index >= 15 is 0 Å². The summed E-state index contributed by atoms with van der Waals surface area (Å²) >= 11 is 0. The van der Waals surface area contributed by atoms with Gasteiger partial charge in [0.15, 0.2) is 0 Å². The molecule has 0 radical (unpaired) electrons. The van der Waals surface area contributed by atoms with Gasteiger partial charge in [0.25, 0.3) is 0 Å². The molecule has 0 amide bonds. The van der Waals surface area contributed by atoms with Crippen LogP contribution in [0.5, 0.6) is 0 Å². The van der Waals surface area contributed by atoms with Crippen molar-refractivity contribution in [3.05, 3.63) is 17.6 Å². The van der Waals surface area contributed by atoms with Gasteiger partial charge >= 0.3 is 0 Å². The SMILES string of the molecule is CCc1nc(C)cc(NCCN2CCCC2)n1. The molecule has 0 spiro atoms. The molecule has 4 nitrogen and oxygen atoms in total. The molecule has 0 unspecified atom stereocenters. The van der Waals surface area contributed by atoms with Crippen molar-refractivity contribution in [2.24, 2.45) is 0 Å². The molecular formula is C13H22N4. The van der Waals surface area contributed by atoms with Crippen LogP contribution < -0.4 is 5.32 Å². The molecule has 1 N–H and O–H groups in total. The van der Waals surface area contributed by atoms with E-state index < -0.39 is 0 Å². The number of rotatable bonds is 5. The van der Waals surface area contributed by atoms with Gasteiger partial charge in [-0.05, 0) is 32.9 Å². The molecule has 1 fully saturated rings. The first-order valence-electron chi connectivity index (χ1n) is 6.58. The Balaban J connectivity index is 1.83. The van der Waals surface area contributed by atoms with Gasteiger partial charge in [0, 0.05) is 31.3 Å². The molecule has 0 saturated carbocycles. The van der Waals surface area contributed by atoms with Gasteiger partial charge < -0.3 is 10.2 Å². The summed E-state index contributed by atoms with van der Waals surface area (Å²) < 4.78 is 0. The van der Waals surface area contributed by atoms with Crippen LogP contribution in [0.4, 0.5) is 5.82 Å². The third kappa shape index (κ3) is 3.66. The fourth-order valence-corrected chi connectivity index (χ4v) is 2.23. The van der Waals surface area contributed by atoms with E-state index in [0.717, 1.165) is 36.8 Å². The van der Waals surface area contributed by atoms with Crippen molar-refractivity contribution in [2.45, 2.75) is 33.1 Å². The largest absolute Gasteiger partial charge is 0.369 e. The summed E-state index contributed by atoms with van der Waals surface area (Å²) in [4.78, 5) is 11.4. The molecule has 4 heteroatoms. The van der Waals surface area contributed by atoms with Crippen molar-refractivity contribution >= 4 is 5.82 Å². The molecule has 17 heavy (non-hydrogen) atoms. The van der Waals surface area contributed by atoms with Gasteiger partial charge in [0.05, 0.1) is 0 Å². The minimum Gasteiger partial charge on any atom is -0.369 e.